The lowest BCUT2D eigenvalue weighted by molar-refractivity contribution is -0.140. The number of hydrogen-bond acceptors (Lipinski definition) is 4. The molecule has 2 aromatic carbocycles. The van der Waals surface area contributed by atoms with E-state index in [1.54, 1.807) is 13.8 Å². The van der Waals surface area contributed by atoms with Gasteiger partial charge in [-0.1, -0.05) is 34.1 Å². The van der Waals surface area contributed by atoms with Gasteiger partial charge in [0.15, 0.2) is 0 Å². The predicted octanol–water partition coefficient (Wildman–Crippen LogP) is 4.57. The van der Waals surface area contributed by atoms with Crippen molar-refractivity contribution in [2.45, 2.75) is 45.5 Å². The van der Waals surface area contributed by atoms with Crippen LogP contribution in [0.5, 0.6) is 0 Å². The molecule has 0 radical (unpaired) electrons. The van der Waals surface area contributed by atoms with Crippen molar-refractivity contribution in [1.29, 1.82) is 0 Å². The maximum absolute atomic E-state index is 13.1. The number of amides is 2. The van der Waals surface area contributed by atoms with Gasteiger partial charge in [-0.2, -0.15) is 13.2 Å². The summed E-state index contributed by atoms with van der Waals surface area (Å²) in [6.45, 7) is 3.72. The van der Waals surface area contributed by atoms with Gasteiger partial charge in [0.1, 0.15) is 6.04 Å². The van der Waals surface area contributed by atoms with E-state index in [-0.39, 0.29) is 43.4 Å². The Bertz CT molecular complexity index is 1160. The molecule has 0 heterocycles. The van der Waals surface area contributed by atoms with Crippen LogP contribution in [0, 0.1) is 0 Å². The molecule has 2 rings (SSSR count). The molecule has 2 amide bonds. The van der Waals surface area contributed by atoms with E-state index in [0.29, 0.717) is 6.54 Å². The third-order valence-corrected chi connectivity index (χ3v) is 7.12. The van der Waals surface area contributed by atoms with Gasteiger partial charge >= 0.3 is 6.18 Å². The van der Waals surface area contributed by atoms with Gasteiger partial charge in [0.2, 0.25) is 21.8 Å². The molecule has 2 aromatic rings. The van der Waals surface area contributed by atoms with Crippen molar-refractivity contribution in [3.63, 3.8) is 0 Å². The highest BCUT2D eigenvalue weighted by Gasteiger charge is 2.32. The Morgan fingerprint density at radius 2 is 1.75 bits per heavy atom. The molecule has 0 saturated carbocycles. The molecule has 0 aromatic heterocycles. The highest BCUT2D eigenvalue weighted by atomic mass is 79.9. The van der Waals surface area contributed by atoms with Crippen LogP contribution in [-0.4, -0.2) is 50.5 Å². The lowest BCUT2D eigenvalue weighted by Crippen LogP contribution is -2.47. The molecule has 12 heteroatoms. The predicted molar refractivity (Wildman–Crippen MR) is 136 cm³/mol. The summed E-state index contributed by atoms with van der Waals surface area (Å²) in [7, 11) is -3.92. The highest BCUT2D eigenvalue weighted by Crippen LogP contribution is 2.32. The van der Waals surface area contributed by atoms with Crippen molar-refractivity contribution in [1.82, 2.24) is 10.2 Å². The van der Waals surface area contributed by atoms with Crippen molar-refractivity contribution in [2.75, 3.05) is 23.7 Å². The van der Waals surface area contributed by atoms with Gasteiger partial charge in [-0.25, -0.2) is 8.42 Å². The number of carbonyl (C=O) groups excluding carboxylic acids is 2. The van der Waals surface area contributed by atoms with E-state index in [1.807, 2.05) is 24.3 Å². The Labute approximate surface area is 217 Å². The zero-order chi connectivity index (χ0) is 27.1. The molecule has 0 saturated heterocycles. The highest BCUT2D eigenvalue weighted by molar-refractivity contribution is 9.10. The van der Waals surface area contributed by atoms with E-state index in [1.165, 1.54) is 11.0 Å². The second-order valence-electron chi connectivity index (χ2n) is 8.21. The van der Waals surface area contributed by atoms with Gasteiger partial charge in [0.25, 0.3) is 0 Å². The Balaban J connectivity index is 2.19. The number of benzene rings is 2. The third-order valence-electron chi connectivity index (χ3n) is 5.40. The average Bonchev–Trinajstić information content (AvgIpc) is 2.79. The molecule has 0 aliphatic heterocycles. The molecule has 0 unspecified atom stereocenters. The van der Waals surface area contributed by atoms with Crippen molar-refractivity contribution in [3.8, 4) is 0 Å². The van der Waals surface area contributed by atoms with Crippen molar-refractivity contribution >= 4 is 43.5 Å². The molecule has 0 bridgehead atoms. The van der Waals surface area contributed by atoms with E-state index in [9.17, 15) is 31.2 Å². The molecule has 198 valence electrons. The smallest absolute Gasteiger partial charge is 0.355 e. The van der Waals surface area contributed by atoms with E-state index >= 15 is 0 Å². The fraction of sp³-hybridized carbons (Fsp3) is 0.417. The summed E-state index contributed by atoms with van der Waals surface area (Å²) in [5, 5.41) is 2.69. The van der Waals surface area contributed by atoms with E-state index < -0.39 is 27.8 Å². The number of nitrogens with one attached hydrogen (secondary N) is 1. The molecule has 1 N–H and O–H groups in total. The minimum Gasteiger partial charge on any atom is -0.355 e. The lowest BCUT2D eigenvalue weighted by Gasteiger charge is -2.29. The average molecular weight is 592 g/mol. The number of anilines is 1. The van der Waals surface area contributed by atoms with E-state index in [0.717, 1.165) is 38.8 Å². The van der Waals surface area contributed by atoms with Crippen molar-refractivity contribution < 1.29 is 31.2 Å². The zero-order valence-corrected chi connectivity index (χ0v) is 22.6. The fourth-order valence-electron chi connectivity index (χ4n) is 3.53. The zero-order valence-electron chi connectivity index (χ0n) is 20.2. The maximum atomic E-state index is 13.1. The SMILES string of the molecule is CCNC(=O)[C@H](C)N(Cc1ccc(Br)cc1)C(=O)CCCN(c1cccc(C(F)(F)F)c1)S(C)(=O)=O. The third kappa shape index (κ3) is 8.51. The van der Waals surface area contributed by atoms with Crippen LogP contribution in [-0.2, 0) is 32.3 Å². The van der Waals surface area contributed by atoms with Crippen molar-refractivity contribution in [2.24, 2.45) is 0 Å². The quantitative estimate of drug-likeness (QED) is 0.415. The molecular weight excluding hydrogens is 563 g/mol. The second kappa shape index (κ2) is 12.6. The molecule has 0 aliphatic carbocycles. The van der Waals surface area contributed by atoms with Crippen LogP contribution in [0.1, 0.15) is 37.8 Å². The fourth-order valence-corrected chi connectivity index (χ4v) is 4.75. The summed E-state index contributed by atoms with van der Waals surface area (Å²) >= 11 is 3.35. The van der Waals surface area contributed by atoms with Gasteiger partial charge in [-0.3, -0.25) is 13.9 Å². The lowest BCUT2D eigenvalue weighted by atomic mass is 10.1. The van der Waals surface area contributed by atoms with Gasteiger partial charge in [0.05, 0.1) is 17.5 Å². The molecule has 0 spiro atoms. The normalized spacial score (nSPS) is 12.6. The number of halogens is 4. The summed E-state index contributed by atoms with van der Waals surface area (Å²) in [6, 6.07) is 10.5. The number of carbonyl (C=O) groups is 2. The number of rotatable bonds is 11. The van der Waals surface area contributed by atoms with Crippen LogP contribution in [0.3, 0.4) is 0 Å². The minimum atomic E-state index is -4.63. The van der Waals surface area contributed by atoms with Crippen LogP contribution in [0.4, 0.5) is 18.9 Å². The topological polar surface area (TPSA) is 86.8 Å². The first-order valence-corrected chi connectivity index (χ1v) is 13.8. The minimum absolute atomic E-state index is 0.0428. The second-order valence-corrected chi connectivity index (χ2v) is 11.0. The summed E-state index contributed by atoms with van der Waals surface area (Å²) < 4.78 is 65.7. The molecule has 1 atom stereocenters. The summed E-state index contributed by atoms with van der Waals surface area (Å²) in [5.41, 5.74) is -0.312. The van der Waals surface area contributed by atoms with Gasteiger partial charge in [0, 0.05) is 30.5 Å². The van der Waals surface area contributed by atoms with Gasteiger partial charge < -0.3 is 10.2 Å². The maximum Gasteiger partial charge on any atom is 0.416 e. The molecule has 7 nitrogen and oxygen atoms in total. The standard InChI is InChI=1S/C24H29BrF3N3O4S/c1-4-29-23(33)17(2)30(16-18-10-12-20(25)13-11-18)22(32)9-6-14-31(36(3,34)35)21-8-5-7-19(15-21)24(26,27)28/h5,7-8,10-13,15,17H,4,6,9,14,16H2,1-3H3,(H,29,33)/t17-/m0/s1. The number of hydrogen-bond donors (Lipinski definition) is 1. The van der Waals surface area contributed by atoms with Crippen LogP contribution in [0.2, 0.25) is 0 Å². The van der Waals surface area contributed by atoms with E-state index in [2.05, 4.69) is 21.2 Å². The number of nitrogens with zero attached hydrogens (tertiary/aromatic N) is 2. The summed E-state index contributed by atoms with van der Waals surface area (Å²) in [4.78, 5) is 27.0. The number of likely N-dealkylation sites (N-methyl/N-ethyl adjacent to an activating group) is 1. The molecule has 0 fully saturated rings. The molecule has 36 heavy (non-hydrogen) atoms. The first kappa shape index (κ1) is 29.6. The number of alkyl halides is 3. The largest absolute Gasteiger partial charge is 0.416 e. The van der Waals surface area contributed by atoms with Crippen LogP contribution < -0.4 is 9.62 Å². The summed E-state index contributed by atoms with van der Waals surface area (Å²) in [5.74, 6) is -0.709. The van der Waals surface area contributed by atoms with Crippen molar-refractivity contribution in [3.05, 3.63) is 64.1 Å². The Morgan fingerprint density at radius 3 is 2.31 bits per heavy atom. The van der Waals surface area contributed by atoms with Crippen LogP contribution in [0.25, 0.3) is 0 Å². The summed E-state index contributed by atoms with van der Waals surface area (Å²) in [6.07, 6.45) is -3.80. The van der Waals surface area contributed by atoms with Gasteiger partial charge in [-0.05, 0) is 56.2 Å². The van der Waals surface area contributed by atoms with Gasteiger partial charge in [-0.15, -0.1) is 0 Å². The van der Waals surface area contributed by atoms with Crippen LogP contribution in [0.15, 0.2) is 53.0 Å². The Morgan fingerprint density at radius 1 is 1.11 bits per heavy atom. The Hall–Kier alpha value is -2.60. The first-order chi connectivity index (χ1) is 16.7. The monoisotopic (exact) mass is 591 g/mol. The van der Waals surface area contributed by atoms with Crippen LogP contribution >= 0.6 is 15.9 Å². The Kier molecular flexibility index (Phi) is 10.4. The molecule has 0 aliphatic rings. The molecular formula is C24H29BrF3N3O4S. The van der Waals surface area contributed by atoms with E-state index in [4.69, 9.17) is 0 Å². The first-order valence-electron chi connectivity index (χ1n) is 11.2. The number of sulfonamides is 1.